The number of hydrogen-bond acceptors (Lipinski definition) is 4. The summed E-state index contributed by atoms with van der Waals surface area (Å²) in [6.45, 7) is 0.522. The molecular formula is C15H14N3O4P. The molecule has 118 valence electrons. The zero-order valence-electron chi connectivity index (χ0n) is 12.0. The maximum atomic E-state index is 11.2. The molecule has 8 heteroatoms. The fraction of sp³-hybridized carbons (Fsp3) is 0.0667. The molecular weight excluding hydrogens is 317 g/mol. The van der Waals surface area contributed by atoms with Gasteiger partial charge in [0.25, 0.3) is 0 Å². The van der Waals surface area contributed by atoms with Crippen LogP contribution in [-0.4, -0.2) is 20.6 Å². The van der Waals surface area contributed by atoms with Crippen LogP contribution in [0.25, 0.3) is 10.9 Å². The summed E-state index contributed by atoms with van der Waals surface area (Å²) in [4.78, 5) is 19.9. The van der Waals surface area contributed by atoms with E-state index in [1.54, 1.807) is 53.3 Å². The van der Waals surface area contributed by atoms with Crippen LogP contribution in [0.1, 0.15) is 15.9 Å². The number of benzene rings is 2. The van der Waals surface area contributed by atoms with Crippen molar-refractivity contribution in [3.05, 3.63) is 59.8 Å². The molecule has 3 N–H and O–H groups in total. The van der Waals surface area contributed by atoms with E-state index in [2.05, 4.69) is 5.10 Å². The molecule has 0 aliphatic rings. The summed E-state index contributed by atoms with van der Waals surface area (Å²) in [7, 11) is -2.99. The summed E-state index contributed by atoms with van der Waals surface area (Å²) in [5.41, 5.74) is 7.55. The summed E-state index contributed by atoms with van der Waals surface area (Å²) in [5.74, 6) is -0.130. The van der Waals surface area contributed by atoms with Crippen molar-refractivity contribution in [2.45, 2.75) is 6.54 Å². The highest BCUT2D eigenvalue weighted by Crippen LogP contribution is 2.23. The summed E-state index contributed by atoms with van der Waals surface area (Å²) in [6, 6.07) is 12.0. The molecule has 1 atom stereocenters. The van der Waals surface area contributed by atoms with Crippen LogP contribution in [0.2, 0.25) is 0 Å². The van der Waals surface area contributed by atoms with E-state index in [9.17, 15) is 9.36 Å². The van der Waals surface area contributed by atoms with Gasteiger partial charge in [0.2, 0.25) is 5.91 Å². The molecule has 3 rings (SSSR count). The molecule has 0 aliphatic carbocycles. The van der Waals surface area contributed by atoms with Gasteiger partial charge in [-0.1, -0.05) is 12.1 Å². The van der Waals surface area contributed by atoms with E-state index in [1.807, 2.05) is 0 Å². The van der Waals surface area contributed by atoms with E-state index < -0.39 is 14.2 Å². The van der Waals surface area contributed by atoms with Crippen LogP contribution in [0.3, 0.4) is 0 Å². The number of nitrogens with two attached hydrogens (primary N) is 1. The van der Waals surface area contributed by atoms with Crippen LogP contribution in [-0.2, 0) is 11.1 Å². The van der Waals surface area contributed by atoms with Gasteiger partial charge in [-0.25, -0.2) is 4.57 Å². The first-order valence-corrected chi connectivity index (χ1v) is 8.04. The van der Waals surface area contributed by atoms with Gasteiger partial charge >= 0.3 is 8.25 Å². The molecule has 0 saturated carbocycles. The third kappa shape index (κ3) is 3.41. The number of carbonyl (C=O) groups is 1. The number of aromatic nitrogens is 2. The lowest BCUT2D eigenvalue weighted by Gasteiger charge is -2.06. The van der Waals surface area contributed by atoms with Crippen molar-refractivity contribution in [3.63, 3.8) is 0 Å². The average molecular weight is 331 g/mol. The lowest BCUT2D eigenvalue weighted by Crippen LogP contribution is -2.10. The minimum Gasteiger partial charge on any atom is -0.426 e. The SMILES string of the molecule is NC(=O)c1ccc2c(cnn2Cc2ccc(O[PH](=O)O)cc2)c1. The van der Waals surface area contributed by atoms with Gasteiger partial charge < -0.3 is 15.2 Å². The summed E-state index contributed by atoms with van der Waals surface area (Å²) < 4.78 is 17.2. The van der Waals surface area contributed by atoms with E-state index in [4.69, 9.17) is 15.2 Å². The third-order valence-corrected chi connectivity index (χ3v) is 3.80. The van der Waals surface area contributed by atoms with Crippen LogP contribution in [0, 0.1) is 0 Å². The van der Waals surface area contributed by atoms with Gasteiger partial charge in [0.1, 0.15) is 5.75 Å². The second-order valence-electron chi connectivity index (χ2n) is 4.95. The fourth-order valence-corrected chi connectivity index (χ4v) is 2.64. The first kappa shape index (κ1) is 15.3. The van der Waals surface area contributed by atoms with Crippen LogP contribution in [0.4, 0.5) is 0 Å². The standard InChI is InChI=1S/C15H14N3O4P/c16-15(19)11-3-6-14-12(7-11)8-17-18(14)9-10-1-4-13(5-2-10)22-23(20)21/h1-8,23H,9H2,(H2,16,19)(H,20,21). The Hall–Kier alpha value is -2.63. The summed E-state index contributed by atoms with van der Waals surface area (Å²) in [6.07, 6.45) is 1.68. The number of nitrogens with zero attached hydrogens (tertiary/aromatic N) is 2. The normalized spacial score (nSPS) is 12.2. The molecule has 0 aliphatic heterocycles. The van der Waals surface area contributed by atoms with E-state index in [0.29, 0.717) is 17.9 Å². The van der Waals surface area contributed by atoms with Crippen molar-refractivity contribution in [1.82, 2.24) is 9.78 Å². The highest BCUT2D eigenvalue weighted by molar-refractivity contribution is 7.32. The molecule has 0 spiro atoms. The Bertz CT molecular complexity index is 889. The maximum absolute atomic E-state index is 11.2. The Morgan fingerprint density at radius 1 is 1.26 bits per heavy atom. The molecule has 2 aromatic carbocycles. The molecule has 7 nitrogen and oxygen atoms in total. The largest absolute Gasteiger partial charge is 0.426 e. The molecule has 23 heavy (non-hydrogen) atoms. The van der Waals surface area contributed by atoms with Crippen LogP contribution in [0.15, 0.2) is 48.7 Å². The minimum atomic E-state index is -2.99. The van der Waals surface area contributed by atoms with E-state index in [-0.39, 0.29) is 0 Å². The predicted molar refractivity (Wildman–Crippen MR) is 85.6 cm³/mol. The zero-order chi connectivity index (χ0) is 16.4. The van der Waals surface area contributed by atoms with Gasteiger partial charge in [-0.3, -0.25) is 9.48 Å². The van der Waals surface area contributed by atoms with E-state index in [1.165, 1.54) is 0 Å². The van der Waals surface area contributed by atoms with Gasteiger partial charge in [-0.2, -0.15) is 5.10 Å². The maximum Gasteiger partial charge on any atom is 0.365 e. The zero-order valence-corrected chi connectivity index (χ0v) is 13.0. The molecule has 1 aromatic heterocycles. The predicted octanol–water partition coefficient (Wildman–Crippen LogP) is 1.94. The highest BCUT2D eigenvalue weighted by Gasteiger charge is 2.07. The minimum absolute atomic E-state index is 0.344. The molecule has 0 saturated heterocycles. The average Bonchev–Trinajstić information content (AvgIpc) is 2.91. The van der Waals surface area contributed by atoms with Crippen molar-refractivity contribution < 1.29 is 18.8 Å². The Kier molecular flexibility index (Phi) is 4.14. The topological polar surface area (TPSA) is 107 Å². The molecule has 3 aromatic rings. The van der Waals surface area contributed by atoms with E-state index in [0.717, 1.165) is 16.5 Å². The Labute approximate surface area is 132 Å². The van der Waals surface area contributed by atoms with Crippen molar-refractivity contribution in [3.8, 4) is 5.75 Å². The van der Waals surface area contributed by atoms with Gasteiger partial charge in [-0.15, -0.1) is 0 Å². The molecule has 1 unspecified atom stereocenters. The van der Waals surface area contributed by atoms with Crippen molar-refractivity contribution >= 4 is 25.1 Å². The molecule has 0 fully saturated rings. The fourth-order valence-electron chi connectivity index (χ4n) is 2.30. The van der Waals surface area contributed by atoms with Crippen LogP contribution >= 0.6 is 8.25 Å². The number of carbonyl (C=O) groups excluding carboxylic acids is 1. The molecule has 0 bridgehead atoms. The number of hydrogen-bond donors (Lipinski definition) is 2. The lowest BCUT2D eigenvalue weighted by molar-refractivity contribution is 0.100. The molecule has 1 heterocycles. The van der Waals surface area contributed by atoms with Gasteiger partial charge in [-0.05, 0) is 35.9 Å². The lowest BCUT2D eigenvalue weighted by atomic mass is 10.1. The number of rotatable bonds is 5. The van der Waals surface area contributed by atoms with Gasteiger partial charge in [0.15, 0.2) is 0 Å². The van der Waals surface area contributed by atoms with Crippen molar-refractivity contribution in [2.24, 2.45) is 5.73 Å². The van der Waals surface area contributed by atoms with Crippen LogP contribution < -0.4 is 10.3 Å². The summed E-state index contributed by atoms with van der Waals surface area (Å²) >= 11 is 0. The van der Waals surface area contributed by atoms with E-state index >= 15 is 0 Å². The monoisotopic (exact) mass is 331 g/mol. The van der Waals surface area contributed by atoms with Crippen molar-refractivity contribution in [2.75, 3.05) is 0 Å². The Morgan fingerprint density at radius 2 is 2.00 bits per heavy atom. The highest BCUT2D eigenvalue weighted by atomic mass is 31.1. The smallest absolute Gasteiger partial charge is 0.365 e. The Morgan fingerprint density at radius 3 is 2.65 bits per heavy atom. The summed E-state index contributed by atoms with van der Waals surface area (Å²) in [5, 5.41) is 5.14. The van der Waals surface area contributed by atoms with Crippen molar-refractivity contribution in [1.29, 1.82) is 0 Å². The third-order valence-electron chi connectivity index (χ3n) is 3.39. The van der Waals surface area contributed by atoms with Gasteiger partial charge in [0.05, 0.1) is 18.3 Å². The number of amides is 1. The second kappa shape index (κ2) is 6.24. The second-order valence-corrected chi connectivity index (χ2v) is 5.69. The number of primary amides is 1. The Balaban J connectivity index is 1.84. The van der Waals surface area contributed by atoms with Gasteiger partial charge in [0, 0.05) is 10.9 Å². The number of fused-ring (bicyclic) bond motifs is 1. The van der Waals surface area contributed by atoms with Crippen LogP contribution in [0.5, 0.6) is 5.75 Å². The first-order chi connectivity index (χ1) is 11.0. The molecule has 0 radical (unpaired) electrons. The first-order valence-electron chi connectivity index (χ1n) is 6.78. The quantitative estimate of drug-likeness (QED) is 0.695. The molecule has 1 amide bonds.